The lowest BCUT2D eigenvalue weighted by atomic mass is 9.66. The molecule has 1 spiro atoms. The summed E-state index contributed by atoms with van der Waals surface area (Å²) in [5.74, 6) is -1.12. The topological polar surface area (TPSA) is 86.8 Å². The molecule has 1 saturated carbocycles. The van der Waals surface area contributed by atoms with Crippen LogP contribution in [0.25, 0.3) is 0 Å². The van der Waals surface area contributed by atoms with Gasteiger partial charge in [-0.25, -0.2) is 4.79 Å². The average Bonchev–Trinajstić information content (AvgIpc) is 2.25. The van der Waals surface area contributed by atoms with Gasteiger partial charge in [0.25, 0.3) is 0 Å². The van der Waals surface area contributed by atoms with Gasteiger partial charge in [0, 0.05) is 27.1 Å². The van der Waals surface area contributed by atoms with Gasteiger partial charge in [0.1, 0.15) is 5.41 Å². The van der Waals surface area contributed by atoms with Crippen LogP contribution in [-0.2, 0) is 14.4 Å². The zero-order valence-corrected chi connectivity index (χ0v) is 11.1. The first-order valence-electron chi connectivity index (χ1n) is 6.26. The van der Waals surface area contributed by atoms with Crippen LogP contribution in [0, 0.1) is 5.41 Å². The Balaban J connectivity index is 2.07. The first-order valence-corrected chi connectivity index (χ1v) is 6.26. The number of nitrogens with zero attached hydrogens (tertiary/aromatic N) is 2. The number of urea groups is 1. The Morgan fingerprint density at radius 2 is 1.95 bits per heavy atom. The van der Waals surface area contributed by atoms with Crippen LogP contribution in [-0.4, -0.2) is 54.2 Å². The number of hydrogen-bond donors (Lipinski definition) is 1. The van der Waals surface area contributed by atoms with Crippen molar-refractivity contribution in [2.75, 3.05) is 20.6 Å². The van der Waals surface area contributed by atoms with Crippen molar-refractivity contribution in [3.8, 4) is 0 Å². The molecule has 2 fully saturated rings. The molecule has 0 aromatic heterocycles. The Morgan fingerprint density at radius 3 is 2.42 bits per heavy atom. The van der Waals surface area contributed by atoms with E-state index < -0.39 is 23.3 Å². The molecule has 0 atom stereocenters. The van der Waals surface area contributed by atoms with Gasteiger partial charge in [-0.3, -0.25) is 24.6 Å². The van der Waals surface area contributed by atoms with Crippen LogP contribution in [0.2, 0.25) is 0 Å². The van der Waals surface area contributed by atoms with Crippen molar-refractivity contribution in [3.05, 3.63) is 0 Å². The molecule has 2 aliphatic rings. The maximum absolute atomic E-state index is 12.3. The van der Waals surface area contributed by atoms with Crippen molar-refractivity contribution < 1.29 is 19.2 Å². The molecule has 104 valence electrons. The van der Waals surface area contributed by atoms with Gasteiger partial charge in [-0.05, 0) is 12.8 Å². The van der Waals surface area contributed by atoms with Gasteiger partial charge in [0.05, 0.1) is 0 Å². The third-order valence-electron chi connectivity index (χ3n) is 3.81. The van der Waals surface area contributed by atoms with Crippen molar-refractivity contribution in [1.82, 2.24) is 15.1 Å². The molecular formula is C12H17N3O4. The van der Waals surface area contributed by atoms with Crippen molar-refractivity contribution in [1.29, 1.82) is 0 Å². The zero-order valence-electron chi connectivity index (χ0n) is 11.1. The third-order valence-corrected chi connectivity index (χ3v) is 3.81. The fourth-order valence-electron chi connectivity index (χ4n) is 2.34. The van der Waals surface area contributed by atoms with E-state index in [1.807, 2.05) is 0 Å². The van der Waals surface area contributed by atoms with Crippen LogP contribution in [0.3, 0.4) is 0 Å². The number of carbonyl (C=O) groups excluding carboxylic acids is 4. The molecule has 0 bridgehead atoms. The van der Waals surface area contributed by atoms with Crippen molar-refractivity contribution >= 4 is 23.8 Å². The molecule has 0 aromatic rings. The van der Waals surface area contributed by atoms with Gasteiger partial charge in [0.15, 0.2) is 0 Å². The van der Waals surface area contributed by atoms with Crippen LogP contribution in [0.15, 0.2) is 0 Å². The smallest absolute Gasteiger partial charge is 0.330 e. The number of nitrogens with one attached hydrogen (secondary N) is 1. The standard InChI is InChI=1S/C12H17N3O4/c1-14(2)8(16)4-7-15-10(18)12(5-3-6-12)9(17)13-11(15)19/h3-7H2,1-2H3,(H,13,17,19). The number of barbiturate groups is 1. The van der Waals surface area contributed by atoms with E-state index >= 15 is 0 Å². The Hall–Kier alpha value is -1.92. The second-order valence-corrected chi connectivity index (χ2v) is 5.19. The average molecular weight is 267 g/mol. The number of amides is 5. The molecule has 1 N–H and O–H groups in total. The van der Waals surface area contributed by atoms with Gasteiger partial charge < -0.3 is 4.90 Å². The van der Waals surface area contributed by atoms with E-state index in [2.05, 4.69) is 5.32 Å². The van der Waals surface area contributed by atoms with Crippen molar-refractivity contribution in [2.45, 2.75) is 25.7 Å². The number of hydrogen-bond acceptors (Lipinski definition) is 4. The quantitative estimate of drug-likeness (QED) is 0.712. The summed E-state index contributed by atoms with van der Waals surface area (Å²) < 4.78 is 0. The Labute approximate surface area is 110 Å². The minimum atomic E-state index is -1.06. The van der Waals surface area contributed by atoms with E-state index in [1.54, 1.807) is 14.1 Å². The van der Waals surface area contributed by atoms with Gasteiger partial charge in [0.2, 0.25) is 17.7 Å². The van der Waals surface area contributed by atoms with E-state index in [9.17, 15) is 19.2 Å². The molecule has 0 aromatic carbocycles. The molecule has 5 amide bonds. The molecule has 2 rings (SSSR count). The molecule has 1 heterocycles. The summed E-state index contributed by atoms with van der Waals surface area (Å²) >= 11 is 0. The SMILES string of the molecule is CN(C)C(=O)CCN1C(=O)NC(=O)C2(CCC2)C1=O. The van der Waals surface area contributed by atoms with Gasteiger partial charge >= 0.3 is 6.03 Å². The van der Waals surface area contributed by atoms with Crippen molar-refractivity contribution in [2.24, 2.45) is 5.41 Å². The largest absolute Gasteiger partial charge is 0.349 e. The monoisotopic (exact) mass is 267 g/mol. The third kappa shape index (κ3) is 2.09. The van der Waals surface area contributed by atoms with E-state index in [1.165, 1.54) is 4.90 Å². The summed E-state index contributed by atoms with van der Waals surface area (Å²) in [5.41, 5.74) is -1.06. The highest BCUT2D eigenvalue weighted by Gasteiger charge is 2.57. The highest BCUT2D eigenvalue weighted by Crippen LogP contribution is 2.44. The summed E-state index contributed by atoms with van der Waals surface area (Å²) in [4.78, 5) is 49.6. The predicted octanol–water partition coefficient (Wildman–Crippen LogP) is -0.287. The van der Waals surface area contributed by atoms with E-state index in [0.717, 1.165) is 11.3 Å². The highest BCUT2D eigenvalue weighted by atomic mass is 16.2. The summed E-state index contributed by atoms with van der Waals surface area (Å²) in [7, 11) is 3.22. The molecule has 1 aliphatic heterocycles. The first kappa shape index (κ1) is 13.5. The first-order chi connectivity index (χ1) is 8.88. The maximum atomic E-state index is 12.3. The van der Waals surface area contributed by atoms with Crippen LogP contribution >= 0.6 is 0 Å². The second-order valence-electron chi connectivity index (χ2n) is 5.19. The Morgan fingerprint density at radius 1 is 1.32 bits per heavy atom. The van der Waals surface area contributed by atoms with E-state index in [-0.39, 0.29) is 18.9 Å². The van der Waals surface area contributed by atoms with Gasteiger partial charge in [-0.15, -0.1) is 0 Å². The molecule has 0 unspecified atom stereocenters. The summed E-state index contributed by atoms with van der Waals surface area (Å²) in [6.07, 6.45) is 1.82. The molecule has 0 radical (unpaired) electrons. The maximum Gasteiger partial charge on any atom is 0.330 e. The van der Waals surface area contributed by atoms with Crippen LogP contribution in [0.5, 0.6) is 0 Å². The fourth-order valence-corrected chi connectivity index (χ4v) is 2.34. The predicted molar refractivity (Wildman–Crippen MR) is 64.8 cm³/mol. The Bertz CT molecular complexity index is 454. The lowest BCUT2D eigenvalue weighted by molar-refractivity contribution is -0.157. The zero-order chi connectivity index (χ0) is 14.2. The van der Waals surface area contributed by atoms with Gasteiger partial charge in [-0.2, -0.15) is 0 Å². The highest BCUT2D eigenvalue weighted by molar-refractivity contribution is 6.19. The second kappa shape index (κ2) is 4.64. The summed E-state index contributed by atoms with van der Waals surface area (Å²) in [5, 5.41) is 2.21. The summed E-state index contributed by atoms with van der Waals surface area (Å²) in [6.45, 7) is 0.0106. The lowest BCUT2D eigenvalue weighted by Gasteiger charge is -2.44. The lowest BCUT2D eigenvalue weighted by Crippen LogP contribution is -2.66. The number of carbonyl (C=O) groups is 4. The molecular weight excluding hydrogens is 250 g/mol. The normalized spacial score (nSPS) is 21.2. The van der Waals surface area contributed by atoms with Crippen LogP contribution < -0.4 is 5.32 Å². The number of imide groups is 2. The fraction of sp³-hybridized carbons (Fsp3) is 0.667. The van der Waals surface area contributed by atoms with Gasteiger partial charge in [-0.1, -0.05) is 6.42 Å². The molecule has 1 saturated heterocycles. The Kier molecular flexibility index (Phi) is 3.30. The molecule has 7 nitrogen and oxygen atoms in total. The van der Waals surface area contributed by atoms with Crippen LogP contribution in [0.1, 0.15) is 25.7 Å². The minimum absolute atomic E-state index is 0.0106. The molecule has 19 heavy (non-hydrogen) atoms. The van der Waals surface area contributed by atoms with E-state index in [4.69, 9.17) is 0 Å². The van der Waals surface area contributed by atoms with E-state index in [0.29, 0.717) is 12.8 Å². The minimum Gasteiger partial charge on any atom is -0.349 e. The van der Waals surface area contributed by atoms with Crippen molar-refractivity contribution in [3.63, 3.8) is 0 Å². The summed E-state index contributed by atoms with van der Waals surface area (Å²) in [6, 6.07) is -0.723. The van der Waals surface area contributed by atoms with Crippen LogP contribution in [0.4, 0.5) is 4.79 Å². The molecule has 1 aliphatic carbocycles. The number of rotatable bonds is 3. The molecule has 7 heteroatoms.